The molecule has 0 unspecified atom stereocenters. The van der Waals surface area contributed by atoms with E-state index in [9.17, 15) is 0 Å². The highest BCUT2D eigenvalue weighted by atomic mass is 15.1. The minimum absolute atomic E-state index is 1.14. The molecule has 374 valence electrons. The maximum atomic E-state index is 2.65. The van der Waals surface area contributed by atoms with E-state index in [0.717, 1.165) is 59.8 Å². The minimum Gasteiger partial charge on any atom is -0.371 e. The van der Waals surface area contributed by atoms with Crippen molar-refractivity contribution in [2.24, 2.45) is 0 Å². The van der Waals surface area contributed by atoms with Crippen LogP contribution < -0.4 is 39.7 Å². The topological polar surface area (TPSA) is 19.2 Å². The molecule has 8 aromatic carbocycles. The quantitative estimate of drug-likeness (QED) is 0.0844. The zero-order chi connectivity index (χ0) is 50.8. The van der Waals surface area contributed by atoms with Gasteiger partial charge in [-0.15, -0.1) is 0 Å². The molecule has 0 atom stereocenters. The molecule has 0 radical (unpaired) electrons. The zero-order valence-corrected chi connectivity index (χ0v) is 44.2. The molecular formula is C69H69N6+. The van der Waals surface area contributed by atoms with Crippen LogP contribution in [0.4, 0.5) is 51.2 Å². The number of hydrogen-bond donors (Lipinski definition) is 0. The third-order valence-electron chi connectivity index (χ3n) is 16.5. The summed E-state index contributed by atoms with van der Waals surface area (Å²) in [5, 5.41) is 2.82. The Morgan fingerprint density at radius 3 is 1.24 bits per heavy atom. The first-order chi connectivity index (χ1) is 36.8. The summed E-state index contributed by atoms with van der Waals surface area (Å²) in [6.07, 6.45) is 16.5. The standard InChI is InChI=1S/C69H69N6/c1-70(58-20-7-5-8-21-58)62-34-38-64(39-35-62)72(3)60-30-26-50(27-31-60)66(56-46-52-16-12-42-74-43-13-17-53(47-56)68(52)74)24-11-25-67(57-48-54-18-14-44-75-45-15-19-55(49-57)69(54)75)51-28-32-61(33-29-51)73(4)65-40-36-63(37-41-65)71(2)59-22-9-6-10-23-59/h5-11,20-41,46-49H,12-19,42-45H2,1-4H3/q+1. The lowest BCUT2D eigenvalue weighted by atomic mass is 9.86. The van der Waals surface area contributed by atoms with Crippen LogP contribution in [0.2, 0.25) is 0 Å². The van der Waals surface area contributed by atoms with Gasteiger partial charge in [0, 0.05) is 116 Å². The van der Waals surface area contributed by atoms with Crippen molar-refractivity contribution in [1.82, 2.24) is 4.58 Å². The van der Waals surface area contributed by atoms with Gasteiger partial charge in [-0.25, -0.2) is 4.58 Å². The predicted molar refractivity (Wildman–Crippen MR) is 318 cm³/mol. The van der Waals surface area contributed by atoms with Crippen LogP contribution in [0.15, 0.2) is 200 Å². The number of benzene rings is 8. The molecule has 75 heavy (non-hydrogen) atoms. The summed E-state index contributed by atoms with van der Waals surface area (Å²) in [4.78, 5) is 11.7. The highest BCUT2D eigenvalue weighted by molar-refractivity contribution is 5.85. The van der Waals surface area contributed by atoms with Gasteiger partial charge in [0.25, 0.3) is 0 Å². The lowest BCUT2D eigenvalue weighted by Crippen LogP contribution is -2.44. The van der Waals surface area contributed by atoms with Crippen LogP contribution in [0.1, 0.15) is 64.6 Å². The maximum absolute atomic E-state index is 2.65. The van der Waals surface area contributed by atoms with E-state index in [1.54, 1.807) is 0 Å². The van der Waals surface area contributed by atoms with E-state index < -0.39 is 0 Å². The van der Waals surface area contributed by atoms with Gasteiger partial charge in [-0.05, 0) is 204 Å². The summed E-state index contributed by atoms with van der Waals surface area (Å²) in [7, 11) is 8.59. The molecule has 0 fully saturated rings. The van der Waals surface area contributed by atoms with Crippen LogP contribution >= 0.6 is 0 Å². The summed E-state index contributed by atoms with van der Waals surface area (Å²) in [6, 6.07) is 67.3. The Kier molecular flexibility index (Phi) is 13.4. The average molecular weight is 982 g/mol. The lowest BCUT2D eigenvalue weighted by molar-refractivity contribution is 0.480. The van der Waals surface area contributed by atoms with Gasteiger partial charge < -0.3 is 24.5 Å². The molecule has 0 aliphatic carbocycles. The SMILES string of the molecule is CN(c1ccccc1)c1ccc(N(C)c2ccc(C(/C=C/C=C(/c3ccc(N(C)c4ccc(N(C)c5ccccc5)cc4)cc3)c3cc4c5c(c3)CCCN5CCC4)=c3cc4c5c(c3)CCC[N+]=5CCC4)cc2)cc1. The van der Waals surface area contributed by atoms with E-state index in [-0.39, 0.29) is 0 Å². The molecule has 0 aromatic heterocycles. The molecule has 0 spiro atoms. The second-order valence-corrected chi connectivity index (χ2v) is 21.1. The Hall–Kier alpha value is -8.09. The van der Waals surface area contributed by atoms with Crippen molar-refractivity contribution in [2.75, 3.05) is 78.9 Å². The zero-order valence-electron chi connectivity index (χ0n) is 44.2. The lowest BCUT2D eigenvalue weighted by Gasteiger charge is -2.37. The second kappa shape index (κ2) is 21.0. The number of para-hydroxylation sites is 2. The van der Waals surface area contributed by atoms with Crippen LogP contribution in [0.5, 0.6) is 0 Å². The van der Waals surface area contributed by atoms with Crippen molar-refractivity contribution in [3.63, 3.8) is 0 Å². The van der Waals surface area contributed by atoms with E-state index in [0.29, 0.717) is 0 Å². The summed E-state index contributed by atoms with van der Waals surface area (Å²) in [6.45, 7) is 4.69. The maximum Gasteiger partial charge on any atom is 0.206 e. The Balaban J connectivity index is 0.901. The van der Waals surface area contributed by atoms with Crippen LogP contribution in [0, 0.1) is 0 Å². The second-order valence-electron chi connectivity index (χ2n) is 21.1. The summed E-state index contributed by atoms with van der Waals surface area (Å²) < 4.78 is 2.65. The molecule has 8 aromatic rings. The molecule has 6 heteroatoms. The van der Waals surface area contributed by atoms with E-state index >= 15 is 0 Å². The molecule has 4 aliphatic rings. The number of aryl methyl sites for hydroxylation is 4. The highest BCUT2D eigenvalue weighted by Crippen LogP contribution is 2.40. The number of nitrogens with zero attached hydrogens (tertiary/aromatic N) is 6. The smallest absolute Gasteiger partial charge is 0.206 e. The number of anilines is 9. The summed E-state index contributed by atoms with van der Waals surface area (Å²) in [5.74, 6) is 0. The fourth-order valence-corrected chi connectivity index (χ4v) is 12.3. The fourth-order valence-electron chi connectivity index (χ4n) is 12.3. The number of hydrogen-bond acceptors (Lipinski definition) is 5. The minimum atomic E-state index is 1.14. The van der Waals surface area contributed by atoms with Crippen molar-refractivity contribution >= 4 is 62.3 Å². The van der Waals surface area contributed by atoms with E-state index in [4.69, 9.17) is 0 Å². The van der Waals surface area contributed by atoms with E-state index in [1.807, 2.05) is 0 Å². The molecule has 4 heterocycles. The highest BCUT2D eigenvalue weighted by Gasteiger charge is 2.26. The molecule has 0 bridgehead atoms. The van der Waals surface area contributed by atoms with E-state index in [1.165, 1.54) is 130 Å². The van der Waals surface area contributed by atoms with Gasteiger partial charge in [0.2, 0.25) is 5.36 Å². The van der Waals surface area contributed by atoms with Crippen molar-refractivity contribution in [2.45, 2.75) is 51.4 Å². The Bertz CT molecular complexity index is 3450. The first-order valence-corrected chi connectivity index (χ1v) is 27.4. The average Bonchev–Trinajstić information content (AvgIpc) is 3.47. The van der Waals surface area contributed by atoms with Crippen LogP contribution in [-0.2, 0) is 25.7 Å². The van der Waals surface area contributed by atoms with Crippen molar-refractivity contribution in [3.05, 3.63) is 250 Å². The van der Waals surface area contributed by atoms with Crippen LogP contribution in [0.3, 0.4) is 0 Å². The largest absolute Gasteiger partial charge is 0.371 e. The molecule has 0 N–H and O–H groups in total. The molecule has 0 amide bonds. The molecule has 0 saturated carbocycles. The molecule has 12 rings (SSSR count). The first-order valence-electron chi connectivity index (χ1n) is 27.4. The van der Waals surface area contributed by atoms with Crippen molar-refractivity contribution < 1.29 is 0 Å². The Morgan fingerprint density at radius 2 is 0.800 bits per heavy atom. The van der Waals surface area contributed by atoms with Crippen molar-refractivity contribution in [3.8, 4) is 0 Å². The Labute approximate surface area is 444 Å². The van der Waals surface area contributed by atoms with Gasteiger partial charge in [-0.2, -0.15) is 0 Å². The van der Waals surface area contributed by atoms with Crippen LogP contribution in [-0.4, -0.2) is 54.4 Å². The normalized spacial score (nSPS) is 14.8. The first kappa shape index (κ1) is 47.9. The third kappa shape index (κ3) is 9.78. The van der Waals surface area contributed by atoms with Gasteiger partial charge in [0.1, 0.15) is 13.1 Å². The van der Waals surface area contributed by atoms with Gasteiger partial charge in [-0.3, -0.25) is 0 Å². The fraction of sp³-hybridized carbons (Fsp3) is 0.232. The van der Waals surface area contributed by atoms with Gasteiger partial charge >= 0.3 is 0 Å². The third-order valence-corrected chi connectivity index (χ3v) is 16.5. The van der Waals surface area contributed by atoms with Crippen molar-refractivity contribution in [1.29, 1.82) is 0 Å². The Morgan fingerprint density at radius 1 is 0.413 bits per heavy atom. The number of allylic oxidation sites excluding steroid dienone is 3. The molecule has 0 saturated heterocycles. The monoisotopic (exact) mass is 982 g/mol. The van der Waals surface area contributed by atoms with Gasteiger partial charge in [-0.1, -0.05) is 78.9 Å². The molecule has 6 nitrogen and oxygen atoms in total. The number of rotatable bonds is 13. The molecule has 4 aliphatic heterocycles. The summed E-state index contributed by atoms with van der Waals surface area (Å²) >= 11 is 0. The molecular weight excluding hydrogens is 913 g/mol. The van der Waals surface area contributed by atoms with Gasteiger partial charge in [0.15, 0.2) is 0 Å². The summed E-state index contributed by atoms with van der Waals surface area (Å²) in [5.41, 5.74) is 23.1. The predicted octanol–water partition coefficient (Wildman–Crippen LogP) is 13.7. The van der Waals surface area contributed by atoms with E-state index in [2.05, 4.69) is 257 Å². The van der Waals surface area contributed by atoms with Crippen LogP contribution in [0.25, 0.3) is 11.1 Å². The van der Waals surface area contributed by atoms with Gasteiger partial charge in [0.05, 0.1) is 0 Å².